The molecule has 4 nitrogen and oxygen atoms in total. The molecule has 1 fully saturated rings. The molecule has 2 N–H and O–H groups in total. The molecule has 0 radical (unpaired) electrons. The van der Waals surface area contributed by atoms with Crippen LogP contribution in [0.2, 0.25) is 0 Å². The molecule has 1 aromatic rings. The number of nitrogens with two attached hydrogens (primary N) is 1. The quantitative estimate of drug-likeness (QED) is 0.882. The van der Waals surface area contributed by atoms with Crippen LogP contribution in [0.3, 0.4) is 0 Å². The van der Waals surface area contributed by atoms with Crippen molar-refractivity contribution in [1.29, 1.82) is 0 Å². The first-order valence-corrected chi connectivity index (χ1v) is 7.68. The molecule has 0 aromatic heterocycles. The molecule has 0 saturated carbocycles. The lowest BCUT2D eigenvalue weighted by atomic mass is 10.1. The number of hydrogen-bond acceptors (Lipinski definition) is 3. The van der Waals surface area contributed by atoms with Crippen LogP contribution in [0.4, 0.5) is 0 Å². The molecule has 18 heavy (non-hydrogen) atoms. The Morgan fingerprint density at radius 3 is 2.72 bits per heavy atom. The van der Waals surface area contributed by atoms with Gasteiger partial charge in [-0.15, -0.1) is 0 Å². The maximum absolute atomic E-state index is 12.6. The molecule has 0 bridgehead atoms. The van der Waals surface area contributed by atoms with Crippen LogP contribution in [0.1, 0.15) is 24.0 Å². The molecule has 100 valence electrons. The molecule has 1 aliphatic heterocycles. The number of sulfonamides is 1. The highest BCUT2D eigenvalue weighted by molar-refractivity contribution is 7.89. The van der Waals surface area contributed by atoms with Crippen molar-refractivity contribution in [2.45, 2.75) is 37.6 Å². The Hall–Kier alpha value is -0.910. The highest BCUT2D eigenvalue weighted by atomic mass is 32.2. The van der Waals surface area contributed by atoms with E-state index >= 15 is 0 Å². The summed E-state index contributed by atoms with van der Waals surface area (Å²) in [6.45, 7) is 4.73. The van der Waals surface area contributed by atoms with Crippen LogP contribution >= 0.6 is 0 Å². The topological polar surface area (TPSA) is 63.4 Å². The first kappa shape index (κ1) is 13.5. The van der Waals surface area contributed by atoms with E-state index in [-0.39, 0.29) is 6.04 Å². The zero-order chi connectivity index (χ0) is 13.3. The minimum Gasteiger partial charge on any atom is -0.327 e. The molecule has 1 unspecified atom stereocenters. The van der Waals surface area contributed by atoms with Crippen LogP contribution in [0.25, 0.3) is 0 Å². The summed E-state index contributed by atoms with van der Waals surface area (Å²) >= 11 is 0. The van der Waals surface area contributed by atoms with Crippen LogP contribution in [0.5, 0.6) is 0 Å². The second-order valence-electron chi connectivity index (χ2n) is 5.03. The van der Waals surface area contributed by atoms with Crippen LogP contribution in [0.15, 0.2) is 23.1 Å². The second kappa shape index (κ2) is 4.99. The summed E-state index contributed by atoms with van der Waals surface area (Å²) in [5.41, 5.74) is 7.61. The van der Waals surface area contributed by atoms with Crippen molar-refractivity contribution in [3.05, 3.63) is 29.3 Å². The maximum Gasteiger partial charge on any atom is 0.243 e. The van der Waals surface area contributed by atoms with Gasteiger partial charge in [-0.25, -0.2) is 8.42 Å². The summed E-state index contributed by atoms with van der Waals surface area (Å²) in [4.78, 5) is 0.414. The minimum atomic E-state index is -3.39. The van der Waals surface area contributed by atoms with Crippen LogP contribution in [0, 0.1) is 13.8 Å². The first-order chi connectivity index (χ1) is 8.41. The average molecular weight is 268 g/mol. The molecule has 1 heterocycles. The molecule has 2 rings (SSSR count). The molecule has 0 amide bonds. The van der Waals surface area contributed by atoms with Crippen molar-refractivity contribution >= 4 is 10.0 Å². The Morgan fingerprint density at radius 2 is 2.06 bits per heavy atom. The van der Waals surface area contributed by atoms with Gasteiger partial charge in [0.15, 0.2) is 0 Å². The van der Waals surface area contributed by atoms with E-state index in [1.807, 2.05) is 26.0 Å². The number of nitrogens with zero attached hydrogens (tertiary/aromatic N) is 1. The third-order valence-electron chi connectivity index (χ3n) is 3.38. The van der Waals surface area contributed by atoms with Crippen molar-refractivity contribution in [1.82, 2.24) is 4.31 Å². The van der Waals surface area contributed by atoms with E-state index in [4.69, 9.17) is 5.73 Å². The van der Waals surface area contributed by atoms with Crippen molar-refractivity contribution < 1.29 is 8.42 Å². The van der Waals surface area contributed by atoms with E-state index in [1.54, 1.807) is 6.07 Å². The summed E-state index contributed by atoms with van der Waals surface area (Å²) < 4.78 is 26.7. The number of benzene rings is 1. The summed E-state index contributed by atoms with van der Waals surface area (Å²) in [5.74, 6) is 0. The highest BCUT2D eigenvalue weighted by Gasteiger charge is 2.29. The minimum absolute atomic E-state index is 0.0429. The van der Waals surface area contributed by atoms with Gasteiger partial charge >= 0.3 is 0 Å². The lowest BCUT2D eigenvalue weighted by Crippen LogP contribution is -2.45. The van der Waals surface area contributed by atoms with Crippen molar-refractivity contribution in [2.75, 3.05) is 13.1 Å². The maximum atomic E-state index is 12.6. The monoisotopic (exact) mass is 268 g/mol. The zero-order valence-corrected chi connectivity index (χ0v) is 11.7. The summed E-state index contributed by atoms with van der Waals surface area (Å²) in [5, 5.41) is 0. The van der Waals surface area contributed by atoms with Crippen molar-refractivity contribution in [3.8, 4) is 0 Å². The van der Waals surface area contributed by atoms with Crippen molar-refractivity contribution in [3.63, 3.8) is 0 Å². The van der Waals surface area contributed by atoms with Gasteiger partial charge in [-0.05, 0) is 43.9 Å². The van der Waals surface area contributed by atoms with Crippen molar-refractivity contribution in [2.24, 2.45) is 5.73 Å². The third-order valence-corrected chi connectivity index (χ3v) is 5.39. The Balaban J connectivity index is 2.38. The number of piperidine rings is 1. The van der Waals surface area contributed by atoms with E-state index in [2.05, 4.69) is 0 Å². The lowest BCUT2D eigenvalue weighted by Gasteiger charge is -2.30. The van der Waals surface area contributed by atoms with Gasteiger partial charge in [0.25, 0.3) is 0 Å². The van der Waals surface area contributed by atoms with Gasteiger partial charge in [0, 0.05) is 19.1 Å². The fraction of sp³-hybridized carbons (Fsp3) is 0.538. The summed E-state index contributed by atoms with van der Waals surface area (Å²) in [7, 11) is -3.39. The van der Waals surface area contributed by atoms with E-state index < -0.39 is 10.0 Å². The molecule has 1 aliphatic rings. The molecule has 5 heteroatoms. The van der Waals surface area contributed by atoms with Crippen LogP contribution in [-0.2, 0) is 10.0 Å². The second-order valence-corrected chi connectivity index (χ2v) is 6.94. The van der Waals surface area contributed by atoms with Gasteiger partial charge in [-0.2, -0.15) is 4.31 Å². The Bertz CT molecular complexity index is 540. The summed E-state index contributed by atoms with van der Waals surface area (Å²) in [6.07, 6.45) is 1.74. The van der Waals surface area contributed by atoms with Gasteiger partial charge in [0.1, 0.15) is 0 Å². The normalized spacial score (nSPS) is 22.1. The van der Waals surface area contributed by atoms with E-state index in [9.17, 15) is 8.42 Å². The fourth-order valence-corrected chi connectivity index (χ4v) is 4.16. The standard InChI is InChI=1S/C13H20N2O2S/c1-10-5-6-11(2)13(8-10)18(16,17)15-7-3-4-12(14)9-15/h5-6,8,12H,3-4,7,9,14H2,1-2H3. The Labute approximate surface area is 109 Å². The van der Waals surface area contributed by atoms with E-state index in [0.29, 0.717) is 18.0 Å². The molecular weight excluding hydrogens is 248 g/mol. The molecule has 0 aliphatic carbocycles. The summed E-state index contributed by atoms with van der Waals surface area (Å²) in [6, 6.07) is 5.48. The predicted octanol–water partition coefficient (Wildman–Crippen LogP) is 1.42. The molecule has 1 saturated heterocycles. The Morgan fingerprint density at radius 1 is 1.33 bits per heavy atom. The predicted molar refractivity (Wildman–Crippen MR) is 71.9 cm³/mol. The lowest BCUT2D eigenvalue weighted by molar-refractivity contribution is 0.316. The van der Waals surface area contributed by atoms with Crippen LogP contribution in [-0.4, -0.2) is 31.9 Å². The van der Waals surface area contributed by atoms with Gasteiger partial charge in [0.05, 0.1) is 4.90 Å². The molecule has 1 atom stereocenters. The molecule has 1 aromatic carbocycles. The largest absolute Gasteiger partial charge is 0.327 e. The smallest absolute Gasteiger partial charge is 0.243 e. The molecule has 0 spiro atoms. The van der Waals surface area contributed by atoms with E-state index in [0.717, 1.165) is 24.0 Å². The Kier molecular flexibility index (Phi) is 3.75. The van der Waals surface area contributed by atoms with Crippen LogP contribution < -0.4 is 5.73 Å². The number of aryl methyl sites for hydroxylation is 2. The zero-order valence-electron chi connectivity index (χ0n) is 10.9. The van der Waals surface area contributed by atoms with Gasteiger partial charge in [0.2, 0.25) is 10.0 Å². The number of hydrogen-bond donors (Lipinski definition) is 1. The number of rotatable bonds is 2. The third kappa shape index (κ3) is 2.58. The van der Waals surface area contributed by atoms with Gasteiger partial charge in [-0.3, -0.25) is 0 Å². The first-order valence-electron chi connectivity index (χ1n) is 6.24. The highest BCUT2D eigenvalue weighted by Crippen LogP contribution is 2.23. The molecular formula is C13H20N2O2S. The fourth-order valence-electron chi connectivity index (χ4n) is 2.32. The van der Waals surface area contributed by atoms with Gasteiger partial charge in [-0.1, -0.05) is 12.1 Å². The van der Waals surface area contributed by atoms with E-state index in [1.165, 1.54) is 4.31 Å². The van der Waals surface area contributed by atoms with Gasteiger partial charge < -0.3 is 5.73 Å². The SMILES string of the molecule is Cc1ccc(C)c(S(=O)(=O)N2CCCC(N)C2)c1. The average Bonchev–Trinajstić information content (AvgIpc) is 2.32.